The molecule has 18 heavy (non-hydrogen) atoms. The number of ether oxygens (including phenoxy) is 1. The van der Waals surface area contributed by atoms with E-state index in [-0.39, 0.29) is 6.04 Å². The number of nitrogens with zero attached hydrogens (tertiary/aromatic N) is 1. The van der Waals surface area contributed by atoms with E-state index in [4.69, 9.17) is 4.74 Å². The van der Waals surface area contributed by atoms with E-state index in [2.05, 4.69) is 29.4 Å². The van der Waals surface area contributed by atoms with Crippen LogP contribution < -0.4 is 10.1 Å². The van der Waals surface area contributed by atoms with Crippen molar-refractivity contribution in [2.75, 3.05) is 13.7 Å². The molecule has 1 aliphatic heterocycles. The van der Waals surface area contributed by atoms with Crippen LogP contribution in [0.1, 0.15) is 27.2 Å². The Bertz CT molecular complexity index is 565. The number of methoxy groups -OCH3 is 1. The molecule has 1 aromatic heterocycles. The Hall–Kier alpha value is -1.39. The second-order valence-electron chi connectivity index (χ2n) is 4.42. The van der Waals surface area contributed by atoms with Crippen LogP contribution in [0.5, 0.6) is 5.75 Å². The number of para-hydroxylation sites is 1. The molecule has 2 aromatic rings. The van der Waals surface area contributed by atoms with Crippen LogP contribution in [0.3, 0.4) is 0 Å². The van der Waals surface area contributed by atoms with E-state index in [9.17, 15) is 0 Å². The van der Waals surface area contributed by atoms with Crippen molar-refractivity contribution >= 4 is 11.3 Å². The van der Waals surface area contributed by atoms with Crippen molar-refractivity contribution < 1.29 is 4.74 Å². The van der Waals surface area contributed by atoms with Crippen LogP contribution >= 0.6 is 11.3 Å². The number of thiazole rings is 1. The lowest BCUT2D eigenvalue weighted by Crippen LogP contribution is -2.29. The molecule has 0 radical (unpaired) electrons. The van der Waals surface area contributed by atoms with E-state index in [0.717, 1.165) is 23.7 Å². The Labute approximate surface area is 111 Å². The number of fused-ring (bicyclic) bond motifs is 1. The molecule has 0 aliphatic carbocycles. The zero-order valence-electron chi connectivity index (χ0n) is 10.6. The summed E-state index contributed by atoms with van der Waals surface area (Å²) in [5.41, 5.74) is 2.44. The van der Waals surface area contributed by atoms with E-state index in [1.165, 1.54) is 16.1 Å². The highest BCUT2D eigenvalue weighted by Crippen LogP contribution is 2.36. The van der Waals surface area contributed by atoms with Gasteiger partial charge in [-0.05, 0) is 13.0 Å². The molecule has 0 fully saturated rings. The largest absolute Gasteiger partial charge is 0.496 e. The van der Waals surface area contributed by atoms with Crippen LogP contribution in [0.25, 0.3) is 0 Å². The van der Waals surface area contributed by atoms with Gasteiger partial charge >= 0.3 is 0 Å². The third kappa shape index (κ3) is 1.91. The van der Waals surface area contributed by atoms with Gasteiger partial charge in [0.15, 0.2) is 0 Å². The molecular formula is C14H16N2OS. The monoisotopic (exact) mass is 260 g/mol. The summed E-state index contributed by atoms with van der Waals surface area (Å²) in [6.45, 7) is 3.04. The quantitative estimate of drug-likeness (QED) is 0.901. The summed E-state index contributed by atoms with van der Waals surface area (Å²) < 4.78 is 5.46. The summed E-state index contributed by atoms with van der Waals surface area (Å²) in [6.07, 6.45) is 1.02. The lowest BCUT2D eigenvalue weighted by Gasteiger charge is -2.24. The van der Waals surface area contributed by atoms with Crippen molar-refractivity contribution in [3.05, 3.63) is 45.4 Å². The minimum absolute atomic E-state index is 0.219. The fourth-order valence-electron chi connectivity index (χ4n) is 2.47. The third-order valence-electron chi connectivity index (χ3n) is 3.26. The molecule has 3 nitrogen and oxygen atoms in total. The fourth-order valence-corrected chi connectivity index (χ4v) is 3.54. The Morgan fingerprint density at radius 2 is 2.22 bits per heavy atom. The standard InChI is InChI=1S/C14H16N2OS/c1-9-16-11-7-8-15-13(14(11)18-9)10-5-3-4-6-12(10)17-2/h3-6,13,15H,7-8H2,1-2H3. The Kier molecular flexibility index (Phi) is 3.06. The van der Waals surface area contributed by atoms with Crippen molar-refractivity contribution in [1.82, 2.24) is 10.3 Å². The first-order chi connectivity index (χ1) is 8.79. The Balaban J connectivity index is 2.08. The molecule has 94 valence electrons. The summed E-state index contributed by atoms with van der Waals surface area (Å²) >= 11 is 1.78. The molecule has 0 bridgehead atoms. The van der Waals surface area contributed by atoms with Crippen molar-refractivity contribution in [3.63, 3.8) is 0 Å². The van der Waals surface area contributed by atoms with Crippen molar-refractivity contribution in [3.8, 4) is 5.75 Å². The van der Waals surface area contributed by atoms with Crippen LogP contribution in [0.2, 0.25) is 0 Å². The topological polar surface area (TPSA) is 34.1 Å². The van der Waals surface area contributed by atoms with Gasteiger partial charge in [-0.25, -0.2) is 4.98 Å². The highest BCUT2D eigenvalue weighted by atomic mass is 32.1. The molecule has 3 rings (SSSR count). The molecule has 2 heterocycles. The zero-order chi connectivity index (χ0) is 12.5. The number of rotatable bonds is 2. The molecule has 0 spiro atoms. The molecule has 0 saturated carbocycles. The molecule has 4 heteroatoms. The van der Waals surface area contributed by atoms with Gasteiger partial charge in [-0.1, -0.05) is 18.2 Å². The van der Waals surface area contributed by atoms with Gasteiger partial charge < -0.3 is 10.1 Å². The summed E-state index contributed by atoms with van der Waals surface area (Å²) in [7, 11) is 1.72. The van der Waals surface area contributed by atoms with Gasteiger partial charge in [-0.3, -0.25) is 0 Å². The van der Waals surface area contributed by atoms with Crippen LogP contribution in [0.15, 0.2) is 24.3 Å². The lowest BCUT2D eigenvalue weighted by molar-refractivity contribution is 0.403. The van der Waals surface area contributed by atoms with E-state index in [1.807, 2.05) is 12.1 Å². The predicted molar refractivity (Wildman–Crippen MR) is 73.4 cm³/mol. The smallest absolute Gasteiger partial charge is 0.124 e. The maximum absolute atomic E-state index is 5.46. The number of aromatic nitrogens is 1. The molecular weight excluding hydrogens is 244 g/mol. The molecule has 1 unspecified atom stereocenters. The van der Waals surface area contributed by atoms with Gasteiger partial charge in [-0.15, -0.1) is 11.3 Å². The maximum Gasteiger partial charge on any atom is 0.124 e. The maximum atomic E-state index is 5.46. The van der Waals surface area contributed by atoms with E-state index in [0.29, 0.717) is 0 Å². The number of aryl methyl sites for hydroxylation is 1. The number of nitrogens with one attached hydrogen (secondary N) is 1. The lowest BCUT2D eigenvalue weighted by atomic mass is 9.99. The van der Waals surface area contributed by atoms with Gasteiger partial charge in [0.05, 0.1) is 23.9 Å². The third-order valence-corrected chi connectivity index (χ3v) is 4.33. The predicted octanol–water partition coefficient (Wildman–Crippen LogP) is 2.70. The van der Waals surface area contributed by atoms with E-state index >= 15 is 0 Å². The first-order valence-electron chi connectivity index (χ1n) is 6.12. The first-order valence-corrected chi connectivity index (χ1v) is 6.93. The summed E-state index contributed by atoms with van der Waals surface area (Å²) in [5.74, 6) is 0.939. The molecule has 1 aliphatic rings. The van der Waals surface area contributed by atoms with Crippen LogP contribution in [0.4, 0.5) is 0 Å². The van der Waals surface area contributed by atoms with Crippen LogP contribution in [-0.4, -0.2) is 18.6 Å². The van der Waals surface area contributed by atoms with Crippen LogP contribution in [-0.2, 0) is 6.42 Å². The van der Waals surface area contributed by atoms with Crippen molar-refractivity contribution in [2.24, 2.45) is 0 Å². The minimum Gasteiger partial charge on any atom is -0.496 e. The highest BCUT2D eigenvalue weighted by Gasteiger charge is 2.26. The van der Waals surface area contributed by atoms with Gasteiger partial charge in [-0.2, -0.15) is 0 Å². The second-order valence-corrected chi connectivity index (χ2v) is 5.66. The first kappa shape index (κ1) is 11.7. The van der Waals surface area contributed by atoms with Gasteiger partial charge in [0.1, 0.15) is 5.75 Å². The molecule has 1 aromatic carbocycles. The Morgan fingerprint density at radius 3 is 3.06 bits per heavy atom. The van der Waals surface area contributed by atoms with Gasteiger partial charge in [0.2, 0.25) is 0 Å². The van der Waals surface area contributed by atoms with Crippen molar-refractivity contribution in [2.45, 2.75) is 19.4 Å². The van der Waals surface area contributed by atoms with E-state index in [1.54, 1.807) is 18.4 Å². The van der Waals surface area contributed by atoms with Crippen molar-refractivity contribution in [1.29, 1.82) is 0 Å². The summed E-state index contributed by atoms with van der Waals surface area (Å²) in [6, 6.07) is 8.42. The molecule has 1 atom stereocenters. The van der Waals surface area contributed by atoms with E-state index < -0.39 is 0 Å². The van der Waals surface area contributed by atoms with Gasteiger partial charge in [0, 0.05) is 23.4 Å². The SMILES string of the molecule is COc1ccccc1C1NCCc2nc(C)sc21. The summed E-state index contributed by atoms with van der Waals surface area (Å²) in [4.78, 5) is 5.96. The molecule has 0 saturated heterocycles. The molecule has 0 amide bonds. The van der Waals surface area contributed by atoms with Crippen LogP contribution in [0, 0.1) is 6.92 Å². The average Bonchev–Trinajstić information content (AvgIpc) is 2.78. The minimum atomic E-state index is 0.219. The summed E-state index contributed by atoms with van der Waals surface area (Å²) in [5, 5.41) is 4.71. The fraction of sp³-hybridized carbons (Fsp3) is 0.357. The normalized spacial score (nSPS) is 18.4. The number of benzene rings is 1. The number of hydrogen-bond acceptors (Lipinski definition) is 4. The second kappa shape index (κ2) is 4.71. The van der Waals surface area contributed by atoms with Gasteiger partial charge in [0.25, 0.3) is 0 Å². The molecule has 1 N–H and O–H groups in total. The highest BCUT2D eigenvalue weighted by molar-refractivity contribution is 7.11. The average molecular weight is 260 g/mol. The zero-order valence-corrected chi connectivity index (χ0v) is 11.4. The number of hydrogen-bond donors (Lipinski definition) is 1. The Morgan fingerprint density at radius 1 is 1.39 bits per heavy atom.